The van der Waals surface area contributed by atoms with Gasteiger partial charge in [0.1, 0.15) is 10.7 Å². The number of fused-ring (bicyclic) bond motifs is 3. The second kappa shape index (κ2) is 7.27. The Labute approximate surface area is 161 Å². The highest BCUT2D eigenvalue weighted by Crippen LogP contribution is 2.41. The normalized spacial score (nSPS) is 16.3. The van der Waals surface area contributed by atoms with Gasteiger partial charge in [-0.2, -0.15) is 0 Å². The smallest absolute Gasteiger partial charge is 0.313 e. The number of nitrogens with zero attached hydrogens (tertiary/aromatic N) is 2. The van der Waals surface area contributed by atoms with E-state index >= 15 is 0 Å². The minimum Gasteiger partial charge on any atom is -0.466 e. The van der Waals surface area contributed by atoms with Crippen LogP contribution in [-0.2, 0) is 22.5 Å². The predicted molar refractivity (Wildman–Crippen MR) is 106 cm³/mol. The van der Waals surface area contributed by atoms with Crippen molar-refractivity contribution in [1.29, 1.82) is 0 Å². The third kappa shape index (κ3) is 3.18. The lowest BCUT2D eigenvalue weighted by Crippen LogP contribution is -2.27. The summed E-state index contributed by atoms with van der Waals surface area (Å²) < 4.78 is 6.99. The molecule has 1 aliphatic rings. The number of hydrogen-bond donors (Lipinski definition) is 0. The van der Waals surface area contributed by atoms with E-state index in [0.717, 1.165) is 40.1 Å². The second-order valence-corrected chi connectivity index (χ2v) is 7.94. The Morgan fingerprint density at radius 1 is 1.33 bits per heavy atom. The molecule has 0 N–H and O–H groups in total. The molecule has 0 aliphatic heterocycles. The van der Waals surface area contributed by atoms with Crippen molar-refractivity contribution < 1.29 is 9.53 Å². The summed E-state index contributed by atoms with van der Waals surface area (Å²) in [5, 5.41) is 0.606. The molecule has 0 fully saturated rings. The van der Waals surface area contributed by atoms with E-state index < -0.39 is 0 Å². The van der Waals surface area contributed by atoms with E-state index in [1.165, 1.54) is 0 Å². The fraction of sp³-hybridized carbons (Fsp3) is 0.381. The summed E-state index contributed by atoms with van der Waals surface area (Å²) in [4.78, 5) is 32.5. The van der Waals surface area contributed by atoms with Crippen LogP contribution in [0.25, 0.3) is 10.2 Å². The van der Waals surface area contributed by atoms with Gasteiger partial charge < -0.3 is 4.74 Å². The van der Waals surface area contributed by atoms with Crippen molar-refractivity contribution in [2.75, 3.05) is 6.61 Å². The van der Waals surface area contributed by atoms with Crippen molar-refractivity contribution in [2.24, 2.45) is 0 Å². The molecule has 0 saturated heterocycles. The van der Waals surface area contributed by atoms with Gasteiger partial charge >= 0.3 is 5.97 Å². The molecule has 1 aromatic carbocycles. The summed E-state index contributed by atoms with van der Waals surface area (Å²) in [6, 6.07) is 9.89. The quantitative estimate of drug-likeness (QED) is 0.644. The van der Waals surface area contributed by atoms with Gasteiger partial charge in [-0.25, -0.2) is 4.98 Å². The van der Waals surface area contributed by atoms with Crippen LogP contribution in [-0.4, -0.2) is 22.1 Å². The first-order valence-corrected chi connectivity index (χ1v) is 10.1. The van der Waals surface area contributed by atoms with E-state index in [2.05, 4.69) is 0 Å². The Morgan fingerprint density at radius 3 is 2.85 bits per heavy atom. The Morgan fingerprint density at radius 2 is 2.11 bits per heavy atom. The summed E-state index contributed by atoms with van der Waals surface area (Å²) >= 11 is 1.55. The van der Waals surface area contributed by atoms with Gasteiger partial charge in [-0.15, -0.1) is 11.3 Å². The van der Waals surface area contributed by atoms with E-state index in [1.54, 1.807) is 15.9 Å². The zero-order valence-corrected chi connectivity index (χ0v) is 16.3. The van der Waals surface area contributed by atoms with Crippen LogP contribution in [0.3, 0.4) is 0 Å². The van der Waals surface area contributed by atoms with Crippen molar-refractivity contribution in [1.82, 2.24) is 9.55 Å². The lowest BCUT2D eigenvalue weighted by Gasteiger charge is -2.21. The number of aryl methyl sites for hydroxylation is 2. The monoisotopic (exact) mass is 382 g/mol. The van der Waals surface area contributed by atoms with Crippen molar-refractivity contribution in [3.05, 3.63) is 62.5 Å². The van der Waals surface area contributed by atoms with E-state index in [0.29, 0.717) is 24.4 Å². The van der Waals surface area contributed by atoms with Crippen LogP contribution in [0.15, 0.2) is 35.1 Å². The van der Waals surface area contributed by atoms with Gasteiger partial charge in [-0.1, -0.05) is 30.3 Å². The molecule has 2 aromatic heterocycles. The van der Waals surface area contributed by atoms with E-state index in [1.807, 2.05) is 44.2 Å². The molecular formula is C21H22N2O3S. The molecule has 6 heteroatoms. The van der Waals surface area contributed by atoms with Gasteiger partial charge in [0.2, 0.25) is 0 Å². The van der Waals surface area contributed by atoms with Crippen LogP contribution in [0, 0.1) is 6.92 Å². The summed E-state index contributed by atoms with van der Waals surface area (Å²) in [6.07, 6.45) is 2.55. The van der Waals surface area contributed by atoms with E-state index in [9.17, 15) is 9.59 Å². The predicted octanol–water partition coefficient (Wildman–Crippen LogP) is 3.80. The zero-order chi connectivity index (χ0) is 19.0. The number of rotatable bonds is 4. The van der Waals surface area contributed by atoms with Crippen LogP contribution in [0.1, 0.15) is 47.5 Å². The maximum absolute atomic E-state index is 13.4. The molecule has 2 heterocycles. The first-order valence-electron chi connectivity index (χ1n) is 9.33. The largest absolute Gasteiger partial charge is 0.466 e. The van der Waals surface area contributed by atoms with Crippen LogP contribution in [0.4, 0.5) is 0 Å². The molecule has 1 unspecified atom stereocenters. The first-order chi connectivity index (χ1) is 13.1. The fourth-order valence-electron chi connectivity index (χ4n) is 3.85. The molecule has 0 spiro atoms. The lowest BCUT2D eigenvalue weighted by molar-refractivity contribution is -0.145. The average Bonchev–Trinajstić information content (AvgIpc) is 3.04. The van der Waals surface area contributed by atoms with Gasteiger partial charge in [0, 0.05) is 4.88 Å². The molecule has 4 rings (SSSR count). The van der Waals surface area contributed by atoms with E-state index in [4.69, 9.17) is 9.72 Å². The molecule has 5 nitrogen and oxygen atoms in total. The van der Waals surface area contributed by atoms with Gasteiger partial charge in [0.15, 0.2) is 0 Å². The van der Waals surface area contributed by atoms with Crippen molar-refractivity contribution in [2.45, 2.75) is 45.6 Å². The summed E-state index contributed by atoms with van der Waals surface area (Å²) in [5.41, 5.74) is 1.85. The van der Waals surface area contributed by atoms with Crippen molar-refractivity contribution in [3.8, 4) is 0 Å². The lowest BCUT2D eigenvalue weighted by atomic mass is 9.86. The second-order valence-electron chi connectivity index (χ2n) is 6.85. The molecule has 3 aromatic rings. The number of carbonyl (C=O) groups is 1. The average molecular weight is 382 g/mol. The number of carbonyl (C=O) groups excluding carboxylic acids is 1. The van der Waals surface area contributed by atoms with Crippen molar-refractivity contribution >= 4 is 27.5 Å². The number of thiophene rings is 1. The third-order valence-corrected chi connectivity index (χ3v) is 6.28. The number of ether oxygens (including phenoxy) is 1. The molecule has 0 radical (unpaired) electrons. The van der Waals surface area contributed by atoms with E-state index in [-0.39, 0.29) is 17.4 Å². The van der Waals surface area contributed by atoms with Gasteiger partial charge in [-0.3, -0.25) is 14.2 Å². The molecule has 0 bridgehead atoms. The topological polar surface area (TPSA) is 61.2 Å². The maximum atomic E-state index is 13.4. The first kappa shape index (κ1) is 17.9. The third-order valence-electron chi connectivity index (χ3n) is 5.12. The van der Waals surface area contributed by atoms with Crippen LogP contribution in [0.5, 0.6) is 0 Å². The van der Waals surface area contributed by atoms with Gasteiger partial charge in [0.25, 0.3) is 5.56 Å². The molecule has 0 saturated carbocycles. The Kier molecular flexibility index (Phi) is 4.83. The Hall–Kier alpha value is -2.47. The van der Waals surface area contributed by atoms with Crippen LogP contribution < -0.4 is 5.56 Å². The minimum atomic E-state index is -0.357. The summed E-state index contributed by atoms with van der Waals surface area (Å²) in [7, 11) is 0. The fourth-order valence-corrected chi connectivity index (χ4v) is 5.16. The molecule has 0 amide bonds. The van der Waals surface area contributed by atoms with Gasteiger partial charge in [-0.05, 0) is 44.2 Å². The molecule has 140 valence electrons. The van der Waals surface area contributed by atoms with Crippen LogP contribution >= 0.6 is 11.3 Å². The molecule has 27 heavy (non-hydrogen) atoms. The minimum absolute atomic E-state index is 0.0601. The number of benzene rings is 1. The van der Waals surface area contributed by atoms with Crippen molar-refractivity contribution in [3.63, 3.8) is 0 Å². The summed E-state index contributed by atoms with van der Waals surface area (Å²) in [6.45, 7) is 4.50. The Bertz CT molecular complexity index is 1050. The number of hydrogen-bond acceptors (Lipinski definition) is 5. The van der Waals surface area contributed by atoms with Gasteiger partial charge in [0.05, 0.1) is 24.5 Å². The standard InChI is InChI=1S/C21H22N2O3S/c1-3-26-21(25)15-10-7-11-16-17(15)18-19(27-16)22-13(2)23(20(18)24)12-14-8-5-4-6-9-14/h4-6,8-9,15H,3,7,10-12H2,1-2H3. The Balaban J connectivity index is 1.88. The highest BCUT2D eigenvalue weighted by Gasteiger charge is 2.33. The molecular weight excluding hydrogens is 360 g/mol. The zero-order valence-electron chi connectivity index (χ0n) is 15.5. The summed E-state index contributed by atoms with van der Waals surface area (Å²) in [5.74, 6) is 0.111. The SMILES string of the molecule is CCOC(=O)C1CCCc2sc3nc(C)n(Cc4ccccc4)c(=O)c3c21. The number of aromatic nitrogens is 2. The number of esters is 1. The molecule has 1 aliphatic carbocycles. The highest BCUT2D eigenvalue weighted by atomic mass is 32.1. The highest BCUT2D eigenvalue weighted by molar-refractivity contribution is 7.18. The maximum Gasteiger partial charge on any atom is 0.313 e. The molecule has 1 atom stereocenters. The van der Waals surface area contributed by atoms with Crippen LogP contribution in [0.2, 0.25) is 0 Å².